The van der Waals surface area contributed by atoms with Crippen molar-refractivity contribution in [2.45, 2.75) is 12.2 Å². The quantitative estimate of drug-likeness (QED) is 0.652. The molecule has 4 rings (SSSR count). The highest BCUT2D eigenvalue weighted by molar-refractivity contribution is 5.85. The van der Waals surface area contributed by atoms with Crippen LogP contribution in [0.15, 0.2) is 60.7 Å². The molecule has 2 N–H and O–H groups in total. The molecule has 0 unspecified atom stereocenters. The lowest BCUT2D eigenvalue weighted by Gasteiger charge is -2.29. The maximum Gasteiger partial charge on any atom is 0.105 e. The molecule has 20 heavy (non-hydrogen) atoms. The molecule has 0 radical (unpaired) electrons. The molecule has 2 heteroatoms. The molecule has 0 amide bonds. The van der Waals surface area contributed by atoms with E-state index in [1.165, 1.54) is 0 Å². The summed E-state index contributed by atoms with van der Waals surface area (Å²) >= 11 is 0. The highest BCUT2D eigenvalue weighted by atomic mass is 16.3. The molecule has 1 aliphatic rings. The van der Waals surface area contributed by atoms with Crippen LogP contribution in [-0.4, -0.2) is 10.2 Å². The van der Waals surface area contributed by atoms with Crippen LogP contribution < -0.4 is 0 Å². The summed E-state index contributed by atoms with van der Waals surface area (Å²) in [7, 11) is 0. The van der Waals surface area contributed by atoms with E-state index in [1.807, 2.05) is 60.7 Å². The largest absolute Gasteiger partial charge is 0.384 e. The Hall–Kier alpha value is -2.16. The smallest absolute Gasteiger partial charge is 0.105 e. The van der Waals surface area contributed by atoms with E-state index in [0.29, 0.717) is 0 Å². The summed E-state index contributed by atoms with van der Waals surface area (Å²) in [6, 6.07) is 19.5. The zero-order valence-electron chi connectivity index (χ0n) is 10.8. The Bertz CT molecular complexity index is 740. The van der Waals surface area contributed by atoms with Gasteiger partial charge in [0, 0.05) is 0 Å². The van der Waals surface area contributed by atoms with Crippen LogP contribution in [0.3, 0.4) is 0 Å². The molecule has 3 aromatic rings. The van der Waals surface area contributed by atoms with Crippen molar-refractivity contribution in [3.8, 4) is 0 Å². The van der Waals surface area contributed by atoms with Crippen LogP contribution in [0.2, 0.25) is 0 Å². The number of benzene rings is 3. The second-order valence-corrected chi connectivity index (χ2v) is 5.26. The van der Waals surface area contributed by atoms with Gasteiger partial charge in [-0.3, -0.25) is 0 Å². The first-order chi connectivity index (χ1) is 9.75. The van der Waals surface area contributed by atoms with Crippen molar-refractivity contribution in [3.05, 3.63) is 82.9 Å². The molecular weight excluding hydrogens is 248 g/mol. The number of fused-ring (bicyclic) bond motifs is 3. The van der Waals surface area contributed by atoms with Crippen molar-refractivity contribution in [3.63, 3.8) is 0 Å². The van der Waals surface area contributed by atoms with Gasteiger partial charge in [0.15, 0.2) is 0 Å². The minimum atomic E-state index is -0.672. The monoisotopic (exact) mass is 262 g/mol. The van der Waals surface area contributed by atoms with Crippen LogP contribution in [-0.2, 0) is 0 Å². The molecule has 3 aromatic carbocycles. The number of hydrogen-bond acceptors (Lipinski definition) is 2. The SMILES string of the molecule is O[C@H]1c2ccccc2[C@H](O)c2cc3ccccc3cc21. The summed E-state index contributed by atoms with van der Waals surface area (Å²) in [6.07, 6.45) is -1.34. The number of rotatable bonds is 0. The van der Waals surface area contributed by atoms with Gasteiger partial charge in [0.1, 0.15) is 12.2 Å². The van der Waals surface area contributed by atoms with Crippen molar-refractivity contribution < 1.29 is 10.2 Å². The van der Waals surface area contributed by atoms with E-state index in [4.69, 9.17) is 0 Å². The molecule has 0 saturated carbocycles. The molecule has 0 heterocycles. The molecule has 0 saturated heterocycles. The van der Waals surface area contributed by atoms with Crippen LogP contribution in [0.25, 0.3) is 10.8 Å². The van der Waals surface area contributed by atoms with Crippen LogP contribution in [0.1, 0.15) is 34.5 Å². The van der Waals surface area contributed by atoms with Gasteiger partial charge in [0.2, 0.25) is 0 Å². The van der Waals surface area contributed by atoms with Crippen molar-refractivity contribution in [1.29, 1.82) is 0 Å². The van der Waals surface area contributed by atoms with Crippen LogP contribution in [0, 0.1) is 0 Å². The average Bonchev–Trinajstić information content (AvgIpc) is 2.51. The highest BCUT2D eigenvalue weighted by Crippen LogP contribution is 2.42. The first kappa shape index (κ1) is 11.6. The van der Waals surface area contributed by atoms with Crippen molar-refractivity contribution in [1.82, 2.24) is 0 Å². The Morgan fingerprint density at radius 3 is 1.40 bits per heavy atom. The second kappa shape index (κ2) is 4.17. The van der Waals surface area contributed by atoms with Crippen LogP contribution in [0.5, 0.6) is 0 Å². The minimum absolute atomic E-state index is 0.672. The normalized spacial score (nSPS) is 20.5. The van der Waals surface area contributed by atoms with E-state index >= 15 is 0 Å². The number of hydrogen-bond donors (Lipinski definition) is 2. The fourth-order valence-corrected chi connectivity index (χ4v) is 3.09. The van der Waals surface area contributed by atoms with Gasteiger partial charge < -0.3 is 10.2 Å². The third-order valence-electron chi connectivity index (χ3n) is 4.13. The highest BCUT2D eigenvalue weighted by Gasteiger charge is 2.29. The molecule has 2 nitrogen and oxygen atoms in total. The third-order valence-corrected chi connectivity index (χ3v) is 4.13. The first-order valence-corrected chi connectivity index (χ1v) is 6.73. The zero-order chi connectivity index (χ0) is 13.7. The fraction of sp³-hybridized carbons (Fsp3) is 0.111. The summed E-state index contributed by atoms with van der Waals surface area (Å²) in [5.41, 5.74) is 3.19. The van der Waals surface area contributed by atoms with E-state index in [2.05, 4.69) is 0 Å². The molecule has 0 spiro atoms. The third kappa shape index (κ3) is 1.52. The summed E-state index contributed by atoms with van der Waals surface area (Å²) in [6.45, 7) is 0. The number of aliphatic hydroxyl groups is 2. The van der Waals surface area contributed by atoms with Gasteiger partial charge in [-0.05, 0) is 45.2 Å². The predicted octanol–water partition coefficient (Wildman–Crippen LogP) is 3.32. The maximum absolute atomic E-state index is 10.6. The lowest BCUT2D eigenvalue weighted by Crippen LogP contribution is -2.17. The summed E-state index contributed by atoms with van der Waals surface area (Å²) in [5, 5.41) is 23.3. The second-order valence-electron chi connectivity index (χ2n) is 5.26. The molecular formula is C18H14O2. The van der Waals surface area contributed by atoms with Crippen molar-refractivity contribution in [2.75, 3.05) is 0 Å². The molecule has 0 fully saturated rings. The molecule has 98 valence electrons. The molecule has 1 aliphatic carbocycles. The van der Waals surface area contributed by atoms with Crippen LogP contribution >= 0.6 is 0 Å². The Morgan fingerprint density at radius 2 is 0.950 bits per heavy atom. The summed E-state index contributed by atoms with van der Waals surface area (Å²) in [5.74, 6) is 0. The fourth-order valence-electron chi connectivity index (χ4n) is 3.09. The topological polar surface area (TPSA) is 40.5 Å². The van der Waals surface area contributed by atoms with Gasteiger partial charge in [0.05, 0.1) is 0 Å². The summed E-state index contributed by atoms with van der Waals surface area (Å²) in [4.78, 5) is 0. The molecule has 2 atom stereocenters. The predicted molar refractivity (Wildman–Crippen MR) is 78.5 cm³/mol. The van der Waals surface area contributed by atoms with Crippen molar-refractivity contribution in [2.24, 2.45) is 0 Å². The molecule has 0 aromatic heterocycles. The Kier molecular flexibility index (Phi) is 2.43. The zero-order valence-corrected chi connectivity index (χ0v) is 10.8. The molecule has 0 bridgehead atoms. The maximum atomic E-state index is 10.6. The van der Waals surface area contributed by atoms with Gasteiger partial charge in [0.25, 0.3) is 0 Å². The summed E-state index contributed by atoms with van der Waals surface area (Å²) < 4.78 is 0. The Labute approximate surface area is 116 Å². The van der Waals surface area contributed by atoms with Crippen LogP contribution in [0.4, 0.5) is 0 Å². The van der Waals surface area contributed by atoms with E-state index in [0.717, 1.165) is 33.0 Å². The minimum Gasteiger partial charge on any atom is -0.384 e. The van der Waals surface area contributed by atoms with Gasteiger partial charge in [-0.25, -0.2) is 0 Å². The Balaban J connectivity index is 2.03. The van der Waals surface area contributed by atoms with Gasteiger partial charge in [-0.15, -0.1) is 0 Å². The van der Waals surface area contributed by atoms with Gasteiger partial charge in [-0.2, -0.15) is 0 Å². The average molecular weight is 262 g/mol. The van der Waals surface area contributed by atoms with E-state index in [1.54, 1.807) is 0 Å². The Morgan fingerprint density at radius 1 is 0.550 bits per heavy atom. The first-order valence-electron chi connectivity index (χ1n) is 6.73. The van der Waals surface area contributed by atoms with Crippen molar-refractivity contribution >= 4 is 10.8 Å². The van der Waals surface area contributed by atoms with E-state index in [-0.39, 0.29) is 0 Å². The number of aliphatic hydroxyl groups excluding tert-OH is 2. The molecule has 0 aliphatic heterocycles. The lowest BCUT2D eigenvalue weighted by molar-refractivity contribution is 0.173. The van der Waals surface area contributed by atoms with E-state index in [9.17, 15) is 10.2 Å². The lowest BCUT2D eigenvalue weighted by atomic mass is 9.81. The van der Waals surface area contributed by atoms with Gasteiger partial charge >= 0.3 is 0 Å². The van der Waals surface area contributed by atoms with Gasteiger partial charge in [-0.1, -0.05) is 48.5 Å². The standard InChI is InChI=1S/C18H14O2/c19-17-13-7-3-4-8-14(13)18(20)16-10-12-6-2-1-5-11(12)9-15(16)17/h1-10,17-20H/t17-,18-/m0/s1. The van der Waals surface area contributed by atoms with E-state index < -0.39 is 12.2 Å².